The van der Waals surface area contributed by atoms with Gasteiger partial charge in [0.05, 0.1) is 5.54 Å². The lowest BCUT2D eigenvalue weighted by molar-refractivity contribution is -0.137. The van der Waals surface area contributed by atoms with Crippen LogP contribution in [0.2, 0.25) is 0 Å². The maximum Gasteiger partial charge on any atom is 0.333 e. The summed E-state index contributed by atoms with van der Waals surface area (Å²) in [5, 5.41) is 0. The third-order valence-corrected chi connectivity index (χ3v) is 1.12. The number of hydrogen-bond acceptors (Lipinski definition) is 3. The summed E-state index contributed by atoms with van der Waals surface area (Å²) >= 11 is 0. The highest BCUT2D eigenvalue weighted by atomic mass is 16.5. The molecule has 0 fully saturated rings. The molecule has 0 aliphatic rings. The summed E-state index contributed by atoms with van der Waals surface area (Å²) in [6.07, 6.45) is 1.60. The van der Waals surface area contributed by atoms with E-state index in [4.69, 9.17) is 4.74 Å². The first-order chi connectivity index (χ1) is 5.83. The van der Waals surface area contributed by atoms with Crippen LogP contribution in [0, 0.1) is 0 Å². The Hall–Kier alpha value is -1.12. The Morgan fingerprint density at radius 3 is 2.46 bits per heavy atom. The quantitative estimate of drug-likeness (QED) is 0.381. The number of nitrogens with zero attached hydrogens (tertiary/aromatic N) is 1. The first-order valence-corrected chi connectivity index (χ1v) is 4.19. The highest BCUT2D eigenvalue weighted by molar-refractivity contribution is 5.87. The van der Waals surface area contributed by atoms with Crippen molar-refractivity contribution in [3.05, 3.63) is 12.2 Å². The average Bonchev–Trinajstić information content (AvgIpc) is 1.95. The zero-order valence-corrected chi connectivity index (χ0v) is 8.76. The number of ether oxygens (including phenoxy) is 1. The van der Waals surface area contributed by atoms with E-state index in [1.165, 1.54) is 0 Å². The maximum atomic E-state index is 10.9. The van der Waals surface area contributed by atoms with Crippen LogP contribution in [0.3, 0.4) is 0 Å². The van der Waals surface area contributed by atoms with Gasteiger partial charge in [0, 0.05) is 11.8 Å². The molecule has 0 rings (SSSR count). The first kappa shape index (κ1) is 11.9. The zero-order chi connectivity index (χ0) is 10.5. The Morgan fingerprint density at radius 2 is 2.08 bits per heavy atom. The summed E-state index contributed by atoms with van der Waals surface area (Å²) < 4.78 is 4.81. The van der Waals surface area contributed by atoms with Gasteiger partial charge in [0.15, 0.2) is 0 Å². The summed E-state index contributed by atoms with van der Waals surface area (Å²) in [5.74, 6) is -0.375. The standard InChI is InChI=1S/C10H17NO2/c1-8(2)9(12)13-7-6-11-10(3,4)5/h6H,1,7H2,2-5H3. The van der Waals surface area contributed by atoms with E-state index in [2.05, 4.69) is 11.6 Å². The van der Waals surface area contributed by atoms with Crippen LogP contribution in [0.25, 0.3) is 0 Å². The fourth-order valence-electron chi connectivity index (χ4n) is 0.547. The fourth-order valence-corrected chi connectivity index (χ4v) is 0.547. The van der Waals surface area contributed by atoms with Crippen molar-refractivity contribution < 1.29 is 9.53 Å². The number of hydrogen-bond donors (Lipinski definition) is 0. The Labute approximate surface area is 79.5 Å². The molecule has 0 bridgehead atoms. The Bertz CT molecular complexity index is 224. The molecule has 0 radical (unpaired) electrons. The number of rotatable bonds is 3. The molecule has 0 atom stereocenters. The number of carbonyl (C=O) groups excluding carboxylic acids is 1. The van der Waals surface area contributed by atoms with Crippen LogP contribution < -0.4 is 0 Å². The predicted octanol–water partition coefficient (Wildman–Crippen LogP) is 1.97. The molecule has 0 aromatic heterocycles. The highest BCUT2D eigenvalue weighted by Crippen LogP contribution is 2.04. The molecule has 0 saturated carbocycles. The van der Waals surface area contributed by atoms with Crippen molar-refractivity contribution in [2.75, 3.05) is 6.61 Å². The molecule has 0 aliphatic carbocycles. The molecule has 0 N–H and O–H groups in total. The van der Waals surface area contributed by atoms with E-state index in [0.717, 1.165) is 0 Å². The van der Waals surface area contributed by atoms with Gasteiger partial charge in [-0.2, -0.15) is 0 Å². The van der Waals surface area contributed by atoms with Gasteiger partial charge in [-0.25, -0.2) is 4.79 Å². The van der Waals surface area contributed by atoms with Gasteiger partial charge >= 0.3 is 5.97 Å². The van der Waals surface area contributed by atoms with E-state index in [0.29, 0.717) is 5.57 Å². The third kappa shape index (κ3) is 7.25. The molecule has 13 heavy (non-hydrogen) atoms. The summed E-state index contributed by atoms with van der Waals surface area (Å²) in [4.78, 5) is 15.0. The Kier molecular flexibility index (Phi) is 4.38. The van der Waals surface area contributed by atoms with Crippen LogP contribution in [0.5, 0.6) is 0 Å². The molecule has 0 aromatic rings. The molecule has 0 aromatic carbocycles. The second-order valence-electron chi connectivity index (χ2n) is 3.86. The second kappa shape index (κ2) is 4.80. The van der Waals surface area contributed by atoms with E-state index < -0.39 is 0 Å². The van der Waals surface area contributed by atoms with Crippen LogP contribution >= 0.6 is 0 Å². The van der Waals surface area contributed by atoms with Crippen molar-refractivity contribution >= 4 is 12.2 Å². The normalized spacial score (nSPS) is 11.7. The van der Waals surface area contributed by atoms with E-state index in [1.807, 2.05) is 20.8 Å². The molecule has 3 nitrogen and oxygen atoms in total. The predicted molar refractivity (Wildman–Crippen MR) is 54.0 cm³/mol. The van der Waals surface area contributed by atoms with Gasteiger partial charge in [-0.05, 0) is 27.7 Å². The minimum atomic E-state index is -0.375. The van der Waals surface area contributed by atoms with Crippen LogP contribution in [0.4, 0.5) is 0 Å². The smallest absolute Gasteiger partial charge is 0.333 e. The molecule has 74 valence electrons. The lowest BCUT2D eigenvalue weighted by atomic mass is 10.1. The van der Waals surface area contributed by atoms with E-state index >= 15 is 0 Å². The lowest BCUT2D eigenvalue weighted by Gasteiger charge is -2.10. The molecular formula is C10H17NO2. The van der Waals surface area contributed by atoms with Crippen molar-refractivity contribution in [2.45, 2.75) is 33.2 Å². The van der Waals surface area contributed by atoms with Crippen LogP contribution in [-0.2, 0) is 9.53 Å². The second-order valence-corrected chi connectivity index (χ2v) is 3.86. The van der Waals surface area contributed by atoms with Crippen LogP contribution in [0.15, 0.2) is 17.1 Å². The van der Waals surface area contributed by atoms with Gasteiger partial charge < -0.3 is 4.74 Å². The molecule has 0 saturated heterocycles. The molecule has 0 spiro atoms. The van der Waals surface area contributed by atoms with Gasteiger partial charge in [0.1, 0.15) is 6.61 Å². The molecular weight excluding hydrogens is 166 g/mol. The number of aliphatic imine (C=N–C) groups is 1. The zero-order valence-electron chi connectivity index (χ0n) is 8.76. The van der Waals surface area contributed by atoms with E-state index in [9.17, 15) is 4.79 Å². The van der Waals surface area contributed by atoms with Crippen molar-refractivity contribution in [3.63, 3.8) is 0 Å². The van der Waals surface area contributed by atoms with Gasteiger partial charge in [-0.15, -0.1) is 0 Å². The van der Waals surface area contributed by atoms with Crippen LogP contribution in [-0.4, -0.2) is 24.3 Å². The largest absolute Gasteiger partial charge is 0.457 e. The first-order valence-electron chi connectivity index (χ1n) is 4.19. The lowest BCUT2D eigenvalue weighted by Crippen LogP contribution is -2.12. The van der Waals surface area contributed by atoms with E-state index in [1.54, 1.807) is 13.1 Å². The molecule has 3 heteroatoms. The summed E-state index contributed by atoms with van der Waals surface area (Å²) in [6, 6.07) is 0. The summed E-state index contributed by atoms with van der Waals surface area (Å²) in [6.45, 7) is 11.2. The maximum absolute atomic E-state index is 10.9. The number of carbonyl (C=O) groups is 1. The monoisotopic (exact) mass is 183 g/mol. The molecule has 0 aliphatic heterocycles. The highest BCUT2D eigenvalue weighted by Gasteiger charge is 2.05. The summed E-state index contributed by atoms with van der Waals surface area (Å²) in [5.41, 5.74) is 0.291. The average molecular weight is 183 g/mol. The molecule has 0 heterocycles. The van der Waals surface area contributed by atoms with Gasteiger partial charge in [0.2, 0.25) is 0 Å². The Morgan fingerprint density at radius 1 is 1.54 bits per heavy atom. The van der Waals surface area contributed by atoms with Gasteiger partial charge in [-0.3, -0.25) is 4.99 Å². The van der Waals surface area contributed by atoms with Gasteiger partial charge in [0.25, 0.3) is 0 Å². The SMILES string of the molecule is C=C(C)C(=O)OCC=NC(C)(C)C. The molecule has 0 amide bonds. The number of esters is 1. The van der Waals surface area contributed by atoms with Crippen molar-refractivity contribution in [1.29, 1.82) is 0 Å². The topological polar surface area (TPSA) is 38.7 Å². The molecule has 0 unspecified atom stereocenters. The van der Waals surface area contributed by atoms with Crippen molar-refractivity contribution in [2.24, 2.45) is 4.99 Å². The minimum Gasteiger partial charge on any atom is -0.457 e. The fraction of sp³-hybridized carbons (Fsp3) is 0.600. The Balaban J connectivity index is 3.75. The van der Waals surface area contributed by atoms with Crippen LogP contribution in [0.1, 0.15) is 27.7 Å². The van der Waals surface area contributed by atoms with Crippen molar-refractivity contribution in [3.8, 4) is 0 Å². The van der Waals surface area contributed by atoms with Gasteiger partial charge in [-0.1, -0.05) is 6.58 Å². The van der Waals surface area contributed by atoms with E-state index in [-0.39, 0.29) is 18.1 Å². The minimum absolute atomic E-state index is 0.115. The third-order valence-electron chi connectivity index (χ3n) is 1.12. The summed E-state index contributed by atoms with van der Waals surface area (Å²) in [7, 11) is 0. The van der Waals surface area contributed by atoms with Crippen molar-refractivity contribution in [1.82, 2.24) is 0 Å².